The molecule has 20 heavy (non-hydrogen) atoms. The van der Waals surface area contributed by atoms with Crippen LogP contribution in [0.15, 0.2) is 12.1 Å². The number of methoxy groups -OCH3 is 1. The molecule has 0 radical (unpaired) electrons. The Morgan fingerprint density at radius 2 is 2.15 bits per heavy atom. The minimum Gasteiger partial charge on any atom is -0.465 e. The second-order valence-electron chi connectivity index (χ2n) is 5.55. The van der Waals surface area contributed by atoms with Crippen LogP contribution in [0.2, 0.25) is 0 Å². The van der Waals surface area contributed by atoms with E-state index in [1.54, 1.807) is 0 Å². The molecule has 1 aromatic heterocycles. The van der Waals surface area contributed by atoms with Crippen molar-refractivity contribution in [2.45, 2.75) is 32.7 Å². The summed E-state index contributed by atoms with van der Waals surface area (Å²) >= 11 is 1.51. The van der Waals surface area contributed by atoms with E-state index in [4.69, 9.17) is 4.74 Å². The molecule has 0 spiro atoms. The first-order valence-electron chi connectivity index (χ1n) is 7.13. The van der Waals surface area contributed by atoms with Gasteiger partial charge in [-0.1, -0.05) is 6.92 Å². The minimum absolute atomic E-state index is 0.128. The largest absolute Gasteiger partial charge is 0.465 e. The van der Waals surface area contributed by atoms with Gasteiger partial charge in [-0.25, -0.2) is 4.79 Å². The number of hydrogen-bond donors (Lipinski definition) is 1. The number of ether oxygens (including phenoxy) is 1. The number of aliphatic hydroxyl groups excluding tert-OH is 1. The van der Waals surface area contributed by atoms with Crippen molar-refractivity contribution >= 4 is 17.3 Å². The highest BCUT2D eigenvalue weighted by Gasteiger charge is 2.32. The Kier molecular flexibility index (Phi) is 5.18. The molecule has 0 saturated carbocycles. The summed E-state index contributed by atoms with van der Waals surface area (Å²) in [6.45, 7) is 5.36. The van der Waals surface area contributed by atoms with Gasteiger partial charge in [0.2, 0.25) is 0 Å². The Morgan fingerprint density at radius 3 is 2.70 bits per heavy atom. The monoisotopic (exact) mass is 297 g/mol. The van der Waals surface area contributed by atoms with Crippen LogP contribution in [0, 0.1) is 5.41 Å². The zero-order valence-corrected chi connectivity index (χ0v) is 13.0. The predicted octanol–water partition coefficient (Wildman–Crippen LogP) is 2.52. The summed E-state index contributed by atoms with van der Waals surface area (Å²) in [6.07, 6.45) is 3.15. The maximum atomic E-state index is 11.4. The van der Waals surface area contributed by atoms with Gasteiger partial charge >= 0.3 is 5.97 Å². The van der Waals surface area contributed by atoms with Gasteiger partial charge in [-0.05, 0) is 49.9 Å². The van der Waals surface area contributed by atoms with Crippen molar-refractivity contribution in [2.24, 2.45) is 5.41 Å². The molecule has 4 nitrogen and oxygen atoms in total. The first-order valence-corrected chi connectivity index (χ1v) is 7.94. The van der Waals surface area contributed by atoms with E-state index in [0.717, 1.165) is 38.9 Å². The maximum absolute atomic E-state index is 11.4. The smallest absolute Gasteiger partial charge is 0.348 e. The third-order valence-electron chi connectivity index (χ3n) is 4.43. The quantitative estimate of drug-likeness (QED) is 0.849. The van der Waals surface area contributed by atoms with Crippen molar-refractivity contribution in [3.05, 3.63) is 21.9 Å². The fourth-order valence-corrected chi connectivity index (χ4v) is 3.67. The van der Waals surface area contributed by atoms with Crippen molar-refractivity contribution in [2.75, 3.05) is 26.8 Å². The normalized spacial score (nSPS) is 18.9. The van der Waals surface area contributed by atoms with E-state index in [1.165, 1.54) is 23.3 Å². The first-order chi connectivity index (χ1) is 9.62. The average Bonchev–Trinajstić information content (AvgIpc) is 2.96. The van der Waals surface area contributed by atoms with Crippen LogP contribution in [0.5, 0.6) is 0 Å². The van der Waals surface area contributed by atoms with Crippen LogP contribution in [-0.2, 0) is 11.3 Å². The van der Waals surface area contributed by atoms with E-state index in [0.29, 0.717) is 11.5 Å². The number of nitrogens with zero attached hydrogens (tertiary/aromatic N) is 1. The number of aliphatic hydroxyl groups is 1. The molecule has 2 rings (SSSR count). The lowest BCUT2D eigenvalue weighted by Gasteiger charge is -2.40. The topological polar surface area (TPSA) is 49.8 Å². The molecule has 1 aromatic rings. The first kappa shape index (κ1) is 15.5. The highest BCUT2D eigenvalue weighted by molar-refractivity contribution is 7.13. The Balaban J connectivity index is 1.89. The number of hydrogen-bond acceptors (Lipinski definition) is 5. The van der Waals surface area contributed by atoms with Gasteiger partial charge in [-0.3, -0.25) is 4.90 Å². The number of carbonyl (C=O) groups is 1. The summed E-state index contributed by atoms with van der Waals surface area (Å²) < 4.78 is 4.73. The van der Waals surface area contributed by atoms with Crippen LogP contribution in [0.25, 0.3) is 0 Å². The lowest BCUT2D eigenvalue weighted by molar-refractivity contribution is 0.0386. The zero-order chi connectivity index (χ0) is 14.6. The molecule has 2 heterocycles. The third kappa shape index (κ3) is 3.40. The van der Waals surface area contributed by atoms with Gasteiger partial charge in [0.15, 0.2) is 0 Å². The molecule has 0 unspecified atom stereocenters. The van der Waals surface area contributed by atoms with E-state index in [1.807, 2.05) is 12.1 Å². The Bertz CT molecular complexity index is 444. The van der Waals surface area contributed by atoms with Crippen molar-refractivity contribution in [1.82, 2.24) is 4.90 Å². The van der Waals surface area contributed by atoms with Gasteiger partial charge in [0.1, 0.15) is 4.88 Å². The Morgan fingerprint density at radius 1 is 1.45 bits per heavy atom. The number of likely N-dealkylation sites (tertiary alicyclic amines) is 1. The number of esters is 1. The van der Waals surface area contributed by atoms with Gasteiger partial charge in [0, 0.05) is 18.0 Å². The van der Waals surface area contributed by atoms with Crippen LogP contribution >= 0.6 is 11.3 Å². The summed E-state index contributed by atoms with van der Waals surface area (Å²) in [5.74, 6) is -0.259. The van der Waals surface area contributed by atoms with Crippen LogP contribution < -0.4 is 0 Å². The molecule has 1 aliphatic rings. The minimum atomic E-state index is -0.259. The summed E-state index contributed by atoms with van der Waals surface area (Å²) in [7, 11) is 1.41. The average molecular weight is 297 g/mol. The Hall–Kier alpha value is -0.910. The molecular formula is C15H23NO3S. The molecule has 1 aliphatic heterocycles. The van der Waals surface area contributed by atoms with Crippen LogP contribution in [0.4, 0.5) is 0 Å². The van der Waals surface area contributed by atoms with E-state index in [9.17, 15) is 9.90 Å². The summed E-state index contributed by atoms with van der Waals surface area (Å²) in [4.78, 5) is 15.7. The highest BCUT2D eigenvalue weighted by atomic mass is 32.1. The second-order valence-corrected chi connectivity index (χ2v) is 6.71. The van der Waals surface area contributed by atoms with Crippen molar-refractivity contribution in [3.63, 3.8) is 0 Å². The molecule has 5 heteroatoms. The van der Waals surface area contributed by atoms with Gasteiger partial charge in [0.05, 0.1) is 7.11 Å². The van der Waals surface area contributed by atoms with Crippen LogP contribution in [-0.4, -0.2) is 42.8 Å². The second kappa shape index (κ2) is 6.70. The fourth-order valence-electron chi connectivity index (χ4n) is 2.70. The predicted molar refractivity (Wildman–Crippen MR) is 80.0 cm³/mol. The molecule has 1 N–H and O–H groups in total. The molecule has 0 aliphatic carbocycles. The van der Waals surface area contributed by atoms with E-state index >= 15 is 0 Å². The van der Waals surface area contributed by atoms with Gasteiger partial charge in [-0.2, -0.15) is 0 Å². The zero-order valence-electron chi connectivity index (χ0n) is 12.2. The number of thiophene rings is 1. The fraction of sp³-hybridized carbons (Fsp3) is 0.667. The van der Waals surface area contributed by atoms with E-state index in [-0.39, 0.29) is 11.4 Å². The Labute approximate surface area is 124 Å². The highest BCUT2D eigenvalue weighted by Crippen LogP contribution is 2.35. The number of carbonyl (C=O) groups excluding carboxylic acids is 1. The van der Waals surface area contributed by atoms with Gasteiger partial charge in [0.25, 0.3) is 0 Å². The van der Waals surface area contributed by atoms with Crippen LogP contribution in [0.1, 0.15) is 40.7 Å². The molecule has 1 fully saturated rings. The molecular weight excluding hydrogens is 274 g/mol. The molecule has 112 valence electrons. The lowest BCUT2D eigenvalue weighted by atomic mass is 9.77. The molecule has 1 saturated heterocycles. The lowest BCUT2D eigenvalue weighted by Crippen LogP contribution is -2.41. The van der Waals surface area contributed by atoms with E-state index < -0.39 is 0 Å². The van der Waals surface area contributed by atoms with Crippen LogP contribution in [0.3, 0.4) is 0 Å². The van der Waals surface area contributed by atoms with Crippen molar-refractivity contribution < 1.29 is 14.6 Å². The standard InChI is InChI=1S/C15H23NO3S/c1-3-15(11-17)6-8-16(9-7-15)10-12-4-5-13(20-12)14(18)19-2/h4-5,17H,3,6-11H2,1-2H3. The summed E-state index contributed by atoms with van der Waals surface area (Å²) in [5.41, 5.74) is 0.128. The summed E-state index contributed by atoms with van der Waals surface area (Å²) in [6, 6.07) is 3.84. The van der Waals surface area contributed by atoms with Crippen molar-refractivity contribution in [3.8, 4) is 0 Å². The van der Waals surface area contributed by atoms with E-state index in [2.05, 4.69) is 11.8 Å². The van der Waals surface area contributed by atoms with Gasteiger partial charge < -0.3 is 9.84 Å². The number of piperidine rings is 1. The molecule has 0 bridgehead atoms. The molecule has 0 atom stereocenters. The third-order valence-corrected chi connectivity index (χ3v) is 5.48. The van der Waals surface area contributed by atoms with Crippen molar-refractivity contribution in [1.29, 1.82) is 0 Å². The van der Waals surface area contributed by atoms with Gasteiger partial charge in [-0.15, -0.1) is 11.3 Å². The summed E-state index contributed by atoms with van der Waals surface area (Å²) in [5, 5.41) is 9.54. The number of rotatable bonds is 5. The molecule has 0 amide bonds. The SMILES string of the molecule is CCC1(CO)CCN(Cc2ccc(C(=O)OC)s2)CC1. The maximum Gasteiger partial charge on any atom is 0.348 e. The molecule has 0 aromatic carbocycles.